The van der Waals surface area contributed by atoms with E-state index in [1.165, 1.54) is 0 Å². The number of nitrogens with zero attached hydrogens (tertiary/aromatic N) is 1. The SMILES string of the molecule is COc1ccc(NC2(C#N)CCCOC2)cc1. The second kappa shape index (κ2) is 5.07. The first-order chi connectivity index (χ1) is 8.28. The Balaban J connectivity index is 2.10. The van der Waals surface area contributed by atoms with Crippen molar-refractivity contribution in [3.05, 3.63) is 24.3 Å². The minimum atomic E-state index is -0.590. The van der Waals surface area contributed by atoms with Crippen molar-refractivity contribution in [2.24, 2.45) is 0 Å². The Labute approximate surface area is 101 Å². The van der Waals surface area contributed by atoms with Crippen molar-refractivity contribution >= 4 is 5.69 Å². The van der Waals surface area contributed by atoms with E-state index in [0.717, 1.165) is 30.9 Å². The van der Waals surface area contributed by atoms with Crippen LogP contribution >= 0.6 is 0 Å². The fraction of sp³-hybridized carbons (Fsp3) is 0.462. The molecule has 1 aliphatic rings. The van der Waals surface area contributed by atoms with Gasteiger partial charge in [0.1, 0.15) is 11.3 Å². The summed E-state index contributed by atoms with van der Waals surface area (Å²) in [5.74, 6) is 0.807. The maximum atomic E-state index is 9.29. The predicted octanol–water partition coefficient (Wildman–Crippen LogP) is 2.18. The molecule has 1 saturated heterocycles. The van der Waals surface area contributed by atoms with E-state index in [-0.39, 0.29) is 0 Å². The lowest BCUT2D eigenvalue weighted by atomic mass is 9.94. The van der Waals surface area contributed by atoms with Crippen molar-refractivity contribution in [3.8, 4) is 11.8 Å². The van der Waals surface area contributed by atoms with Crippen molar-refractivity contribution in [3.63, 3.8) is 0 Å². The third kappa shape index (κ3) is 2.69. The van der Waals surface area contributed by atoms with Crippen LogP contribution in [0, 0.1) is 11.3 Å². The molecule has 4 nitrogen and oxygen atoms in total. The molecule has 0 spiro atoms. The van der Waals surface area contributed by atoms with Gasteiger partial charge in [0.2, 0.25) is 0 Å². The van der Waals surface area contributed by atoms with Gasteiger partial charge >= 0.3 is 0 Å². The number of methoxy groups -OCH3 is 1. The summed E-state index contributed by atoms with van der Waals surface area (Å²) in [5, 5.41) is 12.5. The molecule has 1 N–H and O–H groups in total. The monoisotopic (exact) mass is 232 g/mol. The van der Waals surface area contributed by atoms with E-state index >= 15 is 0 Å². The third-order valence-corrected chi connectivity index (χ3v) is 2.93. The Kier molecular flexibility index (Phi) is 3.50. The van der Waals surface area contributed by atoms with Crippen LogP contribution in [0.2, 0.25) is 0 Å². The van der Waals surface area contributed by atoms with Gasteiger partial charge in [-0.2, -0.15) is 5.26 Å². The van der Waals surface area contributed by atoms with Crippen molar-refractivity contribution in [2.45, 2.75) is 18.4 Å². The van der Waals surface area contributed by atoms with Crippen LogP contribution in [0.4, 0.5) is 5.69 Å². The van der Waals surface area contributed by atoms with Crippen LogP contribution in [0.25, 0.3) is 0 Å². The minimum Gasteiger partial charge on any atom is -0.497 e. The number of hydrogen-bond donors (Lipinski definition) is 1. The molecule has 1 aromatic rings. The molecule has 1 aliphatic heterocycles. The number of hydrogen-bond acceptors (Lipinski definition) is 4. The minimum absolute atomic E-state index is 0.440. The van der Waals surface area contributed by atoms with Crippen molar-refractivity contribution in [2.75, 3.05) is 25.6 Å². The average molecular weight is 232 g/mol. The highest BCUT2D eigenvalue weighted by molar-refractivity contribution is 5.50. The molecule has 1 aromatic carbocycles. The zero-order valence-electron chi connectivity index (χ0n) is 9.90. The number of anilines is 1. The number of ether oxygens (including phenoxy) is 2. The van der Waals surface area contributed by atoms with Gasteiger partial charge in [0, 0.05) is 12.3 Å². The molecular formula is C13H16N2O2. The molecule has 0 aliphatic carbocycles. The molecule has 0 radical (unpaired) electrons. The molecule has 90 valence electrons. The lowest BCUT2D eigenvalue weighted by Crippen LogP contribution is -2.44. The molecular weight excluding hydrogens is 216 g/mol. The normalized spacial score (nSPS) is 23.8. The first-order valence-electron chi connectivity index (χ1n) is 5.69. The van der Waals surface area contributed by atoms with Gasteiger partial charge in [0.25, 0.3) is 0 Å². The maximum Gasteiger partial charge on any atom is 0.149 e. The number of rotatable bonds is 3. The van der Waals surface area contributed by atoms with Crippen molar-refractivity contribution in [1.82, 2.24) is 0 Å². The first-order valence-corrected chi connectivity index (χ1v) is 5.69. The Bertz CT molecular complexity index is 402. The van der Waals surface area contributed by atoms with E-state index in [4.69, 9.17) is 9.47 Å². The van der Waals surface area contributed by atoms with Gasteiger partial charge in [0.15, 0.2) is 0 Å². The second-order valence-corrected chi connectivity index (χ2v) is 4.20. The molecule has 0 aromatic heterocycles. The zero-order chi connectivity index (χ0) is 12.1. The molecule has 1 atom stereocenters. The summed E-state index contributed by atoms with van der Waals surface area (Å²) in [7, 11) is 1.63. The van der Waals surface area contributed by atoms with Gasteiger partial charge in [-0.05, 0) is 37.1 Å². The van der Waals surface area contributed by atoms with Crippen LogP contribution in [0.3, 0.4) is 0 Å². The Morgan fingerprint density at radius 2 is 2.18 bits per heavy atom. The van der Waals surface area contributed by atoms with E-state index in [2.05, 4.69) is 11.4 Å². The number of nitrogens with one attached hydrogen (secondary N) is 1. The van der Waals surface area contributed by atoms with Gasteiger partial charge in [-0.15, -0.1) is 0 Å². The molecule has 17 heavy (non-hydrogen) atoms. The van der Waals surface area contributed by atoms with Gasteiger partial charge < -0.3 is 14.8 Å². The standard InChI is InChI=1S/C13H16N2O2/c1-16-12-5-3-11(4-6-12)15-13(9-14)7-2-8-17-10-13/h3-6,15H,2,7-8,10H2,1H3. The van der Waals surface area contributed by atoms with E-state index < -0.39 is 5.54 Å². The highest BCUT2D eigenvalue weighted by Crippen LogP contribution is 2.25. The zero-order valence-corrected chi connectivity index (χ0v) is 9.90. The van der Waals surface area contributed by atoms with Crippen LogP contribution in [0.15, 0.2) is 24.3 Å². The first kappa shape index (κ1) is 11.7. The van der Waals surface area contributed by atoms with Gasteiger partial charge in [0.05, 0.1) is 19.8 Å². The highest BCUT2D eigenvalue weighted by atomic mass is 16.5. The van der Waals surface area contributed by atoms with Crippen LogP contribution in [-0.2, 0) is 4.74 Å². The Hall–Kier alpha value is -1.73. The summed E-state index contributed by atoms with van der Waals surface area (Å²) < 4.78 is 10.5. The summed E-state index contributed by atoms with van der Waals surface area (Å²) >= 11 is 0. The number of benzene rings is 1. The molecule has 0 amide bonds. The molecule has 4 heteroatoms. The Morgan fingerprint density at radius 1 is 1.41 bits per heavy atom. The van der Waals surface area contributed by atoms with Crippen LogP contribution in [0.5, 0.6) is 5.75 Å². The highest BCUT2D eigenvalue weighted by Gasteiger charge is 2.32. The second-order valence-electron chi connectivity index (χ2n) is 4.20. The van der Waals surface area contributed by atoms with Gasteiger partial charge in [-0.1, -0.05) is 0 Å². The predicted molar refractivity (Wildman–Crippen MR) is 65.0 cm³/mol. The number of nitriles is 1. The van der Waals surface area contributed by atoms with Crippen molar-refractivity contribution < 1.29 is 9.47 Å². The van der Waals surface area contributed by atoms with E-state index in [0.29, 0.717) is 6.61 Å². The molecule has 2 rings (SSSR count). The van der Waals surface area contributed by atoms with Gasteiger partial charge in [-0.25, -0.2) is 0 Å². The van der Waals surface area contributed by atoms with E-state index in [1.54, 1.807) is 7.11 Å². The average Bonchev–Trinajstić information content (AvgIpc) is 2.41. The van der Waals surface area contributed by atoms with Gasteiger partial charge in [-0.3, -0.25) is 0 Å². The fourth-order valence-corrected chi connectivity index (χ4v) is 1.96. The fourth-order valence-electron chi connectivity index (χ4n) is 1.96. The summed E-state index contributed by atoms with van der Waals surface area (Å²) in [5.41, 5.74) is 0.324. The quantitative estimate of drug-likeness (QED) is 0.867. The largest absolute Gasteiger partial charge is 0.497 e. The Morgan fingerprint density at radius 3 is 2.71 bits per heavy atom. The van der Waals surface area contributed by atoms with Crippen molar-refractivity contribution in [1.29, 1.82) is 5.26 Å². The summed E-state index contributed by atoms with van der Waals surface area (Å²) in [6, 6.07) is 9.89. The topological polar surface area (TPSA) is 54.3 Å². The summed E-state index contributed by atoms with van der Waals surface area (Å²) in [6.07, 6.45) is 1.73. The van der Waals surface area contributed by atoms with Crippen LogP contribution in [-0.4, -0.2) is 25.9 Å². The maximum absolute atomic E-state index is 9.29. The molecule has 0 saturated carbocycles. The summed E-state index contributed by atoms with van der Waals surface area (Å²) in [4.78, 5) is 0. The lowest BCUT2D eigenvalue weighted by molar-refractivity contribution is 0.0667. The molecule has 1 fully saturated rings. The lowest BCUT2D eigenvalue weighted by Gasteiger charge is -2.32. The van der Waals surface area contributed by atoms with Crippen LogP contribution < -0.4 is 10.1 Å². The smallest absolute Gasteiger partial charge is 0.149 e. The van der Waals surface area contributed by atoms with Crippen LogP contribution in [0.1, 0.15) is 12.8 Å². The molecule has 1 unspecified atom stereocenters. The van der Waals surface area contributed by atoms with E-state index in [1.807, 2.05) is 24.3 Å². The molecule has 0 bridgehead atoms. The molecule has 1 heterocycles. The third-order valence-electron chi connectivity index (χ3n) is 2.93. The van der Waals surface area contributed by atoms with E-state index in [9.17, 15) is 5.26 Å². The summed E-state index contributed by atoms with van der Waals surface area (Å²) in [6.45, 7) is 1.18.